The smallest absolute Gasteiger partial charge is 0.223 e. The van der Waals surface area contributed by atoms with E-state index in [0.29, 0.717) is 25.6 Å². The SMILES string of the molecule is N#CN1Cc2nc(NCc3cncs3)nc(-c3ccccc3)c2C1. The highest BCUT2D eigenvalue weighted by Gasteiger charge is 2.25. The maximum Gasteiger partial charge on any atom is 0.223 e. The lowest BCUT2D eigenvalue weighted by molar-refractivity contribution is 0.415. The van der Waals surface area contributed by atoms with Crippen molar-refractivity contribution in [2.75, 3.05) is 5.32 Å². The summed E-state index contributed by atoms with van der Waals surface area (Å²) in [5.41, 5.74) is 5.69. The zero-order valence-corrected chi connectivity index (χ0v) is 13.6. The fourth-order valence-corrected chi connectivity index (χ4v) is 3.27. The second-order valence-corrected chi connectivity index (χ2v) is 6.44. The highest BCUT2D eigenvalue weighted by atomic mass is 32.1. The van der Waals surface area contributed by atoms with Crippen LogP contribution < -0.4 is 5.32 Å². The summed E-state index contributed by atoms with van der Waals surface area (Å²) in [5, 5.41) is 12.5. The first-order valence-electron chi connectivity index (χ1n) is 7.54. The Bertz CT molecular complexity index is 885. The van der Waals surface area contributed by atoms with Crippen molar-refractivity contribution in [3.63, 3.8) is 0 Å². The minimum atomic E-state index is 0.531. The Kier molecular flexibility index (Phi) is 3.81. The van der Waals surface area contributed by atoms with Crippen molar-refractivity contribution >= 4 is 17.3 Å². The van der Waals surface area contributed by atoms with Crippen LogP contribution in [0.2, 0.25) is 0 Å². The third kappa shape index (κ3) is 2.79. The molecule has 0 unspecified atom stereocenters. The predicted molar refractivity (Wildman–Crippen MR) is 91.8 cm³/mol. The average Bonchev–Trinajstić information content (AvgIpc) is 3.29. The minimum absolute atomic E-state index is 0.531. The van der Waals surface area contributed by atoms with Crippen LogP contribution in [0.1, 0.15) is 16.1 Å². The van der Waals surface area contributed by atoms with E-state index in [9.17, 15) is 5.26 Å². The van der Waals surface area contributed by atoms with E-state index in [1.165, 1.54) is 0 Å². The van der Waals surface area contributed by atoms with Crippen molar-refractivity contribution in [3.8, 4) is 17.5 Å². The molecule has 6 nitrogen and oxygen atoms in total. The Balaban J connectivity index is 1.70. The van der Waals surface area contributed by atoms with Gasteiger partial charge in [-0.25, -0.2) is 9.97 Å². The molecule has 0 radical (unpaired) electrons. The van der Waals surface area contributed by atoms with Crippen molar-refractivity contribution in [3.05, 3.63) is 58.2 Å². The van der Waals surface area contributed by atoms with Crippen molar-refractivity contribution < 1.29 is 0 Å². The molecule has 0 fully saturated rings. The summed E-state index contributed by atoms with van der Waals surface area (Å²) in [6, 6.07) is 10.0. The number of anilines is 1. The molecule has 1 aromatic carbocycles. The molecule has 2 aromatic heterocycles. The average molecular weight is 334 g/mol. The van der Waals surface area contributed by atoms with E-state index in [1.54, 1.807) is 21.7 Å². The number of rotatable bonds is 4. The van der Waals surface area contributed by atoms with Gasteiger partial charge in [0.25, 0.3) is 0 Å². The second-order valence-electron chi connectivity index (χ2n) is 5.46. The van der Waals surface area contributed by atoms with Crippen molar-refractivity contribution in [2.24, 2.45) is 0 Å². The van der Waals surface area contributed by atoms with Crippen LogP contribution in [0.25, 0.3) is 11.3 Å². The summed E-state index contributed by atoms with van der Waals surface area (Å²) in [6.07, 6.45) is 4.04. The Labute approximate surface area is 143 Å². The molecule has 24 heavy (non-hydrogen) atoms. The van der Waals surface area contributed by atoms with E-state index in [-0.39, 0.29) is 0 Å². The van der Waals surface area contributed by atoms with E-state index in [1.807, 2.05) is 36.5 Å². The predicted octanol–water partition coefficient (Wildman–Crippen LogP) is 3.01. The second kappa shape index (κ2) is 6.26. The topological polar surface area (TPSA) is 77.7 Å². The van der Waals surface area contributed by atoms with E-state index in [4.69, 9.17) is 4.98 Å². The first kappa shape index (κ1) is 14.6. The number of nitrogens with one attached hydrogen (secondary N) is 1. The van der Waals surface area contributed by atoms with E-state index < -0.39 is 0 Å². The number of benzene rings is 1. The molecular weight excluding hydrogens is 320 g/mol. The van der Waals surface area contributed by atoms with Gasteiger partial charge in [-0.05, 0) is 0 Å². The summed E-state index contributed by atoms with van der Waals surface area (Å²) >= 11 is 1.59. The molecule has 7 heteroatoms. The molecule has 118 valence electrons. The summed E-state index contributed by atoms with van der Waals surface area (Å²) in [4.78, 5) is 16.2. The lowest BCUT2D eigenvalue weighted by atomic mass is 10.1. The third-order valence-electron chi connectivity index (χ3n) is 3.88. The molecule has 0 saturated heterocycles. The number of nitriles is 1. The number of thiazole rings is 1. The summed E-state index contributed by atoms with van der Waals surface area (Å²) in [6.45, 7) is 1.73. The van der Waals surface area contributed by atoms with Crippen LogP contribution in [0.3, 0.4) is 0 Å². The van der Waals surface area contributed by atoms with Crippen LogP contribution in [-0.2, 0) is 19.6 Å². The van der Waals surface area contributed by atoms with Crippen LogP contribution in [0, 0.1) is 11.5 Å². The van der Waals surface area contributed by atoms with Gasteiger partial charge < -0.3 is 10.2 Å². The summed E-state index contributed by atoms with van der Waals surface area (Å²) in [7, 11) is 0. The van der Waals surface area contributed by atoms with Crippen LogP contribution in [-0.4, -0.2) is 19.9 Å². The van der Waals surface area contributed by atoms with Gasteiger partial charge in [0, 0.05) is 22.2 Å². The van der Waals surface area contributed by atoms with Gasteiger partial charge in [0.15, 0.2) is 6.19 Å². The third-order valence-corrected chi connectivity index (χ3v) is 4.65. The molecule has 1 aliphatic heterocycles. The molecular formula is C17H14N6S. The number of hydrogen-bond acceptors (Lipinski definition) is 7. The first-order valence-corrected chi connectivity index (χ1v) is 8.42. The normalized spacial score (nSPS) is 12.7. The molecule has 0 spiro atoms. The maximum absolute atomic E-state index is 9.20. The molecule has 1 aliphatic rings. The van der Waals surface area contributed by atoms with Crippen molar-refractivity contribution in [1.29, 1.82) is 5.26 Å². The van der Waals surface area contributed by atoms with E-state index >= 15 is 0 Å². The van der Waals surface area contributed by atoms with Crippen LogP contribution in [0.15, 0.2) is 42.0 Å². The first-order chi connectivity index (χ1) is 11.8. The fraction of sp³-hybridized carbons (Fsp3) is 0.176. The standard InChI is InChI=1S/C17H14N6S/c18-10-23-8-14-15(9-23)21-17(20-7-13-6-19-11-24-13)22-16(14)12-4-2-1-3-5-12/h1-6,11H,7-9H2,(H,20,21,22). The molecule has 0 saturated carbocycles. The molecule has 3 aromatic rings. The number of fused-ring (bicyclic) bond motifs is 1. The van der Waals surface area contributed by atoms with Gasteiger partial charge in [0.05, 0.1) is 36.5 Å². The zero-order valence-electron chi connectivity index (χ0n) is 12.8. The minimum Gasteiger partial charge on any atom is -0.349 e. The number of aromatic nitrogens is 3. The molecule has 0 aliphatic carbocycles. The molecule has 4 rings (SSSR count). The summed E-state index contributed by atoms with van der Waals surface area (Å²) in [5.74, 6) is 0.584. The van der Waals surface area contributed by atoms with Crippen LogP contribution in [0.4, 0.5) is 5.95 Å². The molecule has 0 bridgehead atoms. The maximum atomic E-state index is 9.20. The largest absolute Gasteiger partial charge is 0.349 e. The van der Waals surface area contributed by atoms with Crippen molar-refractivity contribution in [1.82, 2.24) is 19.9 Å². The lowest BCUT2D eigenvalue weighted by Gasteiger charge is -2.10. The lowest BCUT2D eigenvalue weighted by Crippen LogP contribution is -2.07. The number of nitrogens with zero attached hydrogens (tertiary/aromatic N) is 5. The highest BCUT2D eigenvalue weighted by Crippen LogP contribution is 2.31. The van der Waals surface area contributed by atoms with Gasteiger partial charge in [0.1, 0.15) is 0 Å². The van der Waals surface area contributed by atoms with Crippen molar-refractivity contribution in [2.45, 2.75) is 19.6 Å². The Hall–Kier alpha value is -2.98. The number of hydrogen-bond donors (Lipinski definition) is 1. The zero-order chi connectivity index (χ0) is 16.4. The molecule has 3 heterocycles. The van der Waals surface area contributed by atoms with Gasteiger partial charge >= 0.3 is 0 Å². The Morgan fingerprint density at radius 2 is 2.08 bits per heavy atom. The monoisotopic (exact) mass is 334 g/mol. The van der Waals surface area contributed by atoms with Gasteiger partial charge in [-0.15, -0.1) is 11.3 Å². The summed E-state index contributed by atoms with van der Waals surface area (Å²) < 4.78 is 0. The highest BCUT2D eigenvalue weighted by molar-refractivity contribution is 7.09. The van der Waals surface area contributed by atoms with Gasteiger partial charge in [0.2, 0.25) is 5.95 Å². The van der Waals surface area contributed by atoms with E-state index in [0.717, 1.165) is 27.4 Å². The Morgan fingerprint density at radius 1 is 1.21 bits per heavy atom. The van der Waals surface area contributed by atoms with Gasteiger partial charge in [-0.2, -0.15) is 5.26 Å². The van der Waals surface area contributed by atoms with Gasteiger partial charge in [-0.3, -0.25) is 4.98 Å². The molecule has 0 atom stereocenters. The Morgan fingerprint density at radius 3 is 2.83 bits per heavy atom. The van der Waals surface area contributed by atoms with Crippen LogP contribution in [0.5, 0.6) is 0 Å². The fourth-order valence-electron chi connectivity index (χ4n) is 2.74. The van der Waals surface area contributed by atoms with Gasteiger partial charge in [-0.1, -0.05) is 30.3 Å². The quantitative estimate of drug-likeness (QED) is 0.739. The molecule has 0 amide bonds. The van der Waals surface area contributed by atoms with E-state index in [2.05, 4.69) is 21.5 Å². The van der Waals surface area contributed by atoms with Crippen LogP contribution >= 0.6 is 11.3 Å². The molecule has 1 N–H and O–H groups in total.